The van der Waals surface area contributed by atoms with Gasteiger partial charge in [-0.3, -0.25) is 4.68 Å². The van der Waals surface area contributed by atoms with Crippen molar-refractivity contribution in [2.75, 3.05) is 0 Å². The first kappa shape index (κ1) is 11.9. The summed E-state index contributed by atoms with van der Waals surface area (Å²) in [5.74, 6) is 0. The van der Waals surface area contributed by atoms with E-state index in [0.29, 0.717) is 0 Å². The van der Waals surface area contributed by atoms with Crippen molar-refractivity contribution >= 4 is 5.65 Å². The van der Waals surface area contributed by atoms with Crippen LogP contribution in [0.5, 0.6) is 0 Å². The molecule has 0 aliphatic carbocycles. The molecule has 6 heteroatoms. The van der Waals surface area contributed by atoms with E-state index in [1.807, 2.05) is 47.7 Å². The highest BCUT2D eigenvalue weighted by Gasteiger charge is 2.02. The molecule has 0 unspecified atom stereocenters. The highest BCUT2D eigenvalue weighted by atomic mass is 15.3. The Morgan fingerprint density at radius 1 is 1.32 bits per heavy atom. The molecule has 0 bridgehead atoms. The highest BCUT2D eigenvalue weighted by Crippen LogP contribution is 2.05. The van der Waals surface area contributed by atoms with E-state index in [-0.39, 0.29) is 0 Å². The van der Waals surface area contributed by atoms with E-state index in [2.05, 4.69) is 20.5 Å². The molecule has 0 amide bonds. The van der Waals surface area contributed by atoms with Crippen molar-refractivity contribution in [3.05, 3.63) is 47.7 Å². The Hall–Kier alpha value is -2.21. The van der Waals surface area contributed by atoms with Crippen LogP contribution >= 0.6 is 0 Å². The molecular weight excluding hydrogens is 240 g/mol. The zero-order chi connectivity index (χ0) is 13.2. The zero-order valence-corrected chi connectivity index (χ0v) is 11.0. The van der Waals surface area contributed by atoms with Gasteiger partial charge in [-0.1, -0.05) is 0 Å². The van der Waals surface area contributed by atoms with Crippen LogP contribution in [0.25, 0.3) is 5.65 Å². The van der Waals surface area contributed by atoms with Gasteiger partial charge in [0.05, 0.1) is 11.4 Å². The van der Waals surface area contributed by atoms with E-state index in [1.165, 1.54) is 0 Å². The van der Waals surface area contributed by atoms with Crippen LogP contribution in [0.15, 0.2) is 30.7 Å². The molecule has 0 radical (unpaired) electrons. The Morgan fingerprint density at radius 2 is 2.21 bits per heavy atom. The molecule has 1 N–H and O–H groups in total. The second-order valence-electron chi connectivity index (χ2n) is 4.60. The molecule has 0 saturated heterocycles. The summed E-state index contributed by atoms with van der Waals surface area (Å²) in [6.45, 7) is 3.51. The minimum absolute atomic E-state index is 0.757. The summed E-state index contributed by atoms with van der Waals surface area (Å²) >= 11 is 0. The van der Waals surface area contributed by atoms with Crippen LogP contribution in [0, 0.1) is 6.92 Å². The number of aryl methyl sites for hydroxylation is 2. The van der Waals surface area contributed by atoms with E-state index < -0.39 is 0 Å². The minimum atomic E-state index is 0.757. The van der Waals surface area contributed by atoms with Gasteiger partial charge in [0.1, 0.15) is 0 Å². The molecule has 19 heavy (non-hydrogen) atoms. The summed E-state index contributed by atoms with van der Waals surface area (Å²) in [5, 5.41) is 11.9. The van der Waals surface area contributed by atoms with E-state index in [4.69, 9.17) is 0 Å². The number of fused-ring (bicyclic) bond motifs is 1. The molecule has 0 fully saturated rings. The molecule has 3 heterocycles. The number of nitrogens with one attached hydrogen (secondary N) is 1. The van der Waals surface area contributed by atoms with Crippen molar-refractivity contribution in [1.29, 1.82) is 0 Å². The van der Waals surface area contributed by atoms with Crippen molar-refractivity contribution in [2.45, 2.75) is 20.0 Å². The molecule has 0 spiro atoms. The van der Waals surface area contributed by atoms with Crippen molar-refractivity contribution in [3.8, 4) is 0 Å². The Morgan fingerprint density at radius 3 is 3.00 bits per heavy atom. The first-order valence-corrected chi connectivity index (χ1v) is 6.21. The predicted molar refractivity (Wildman–Crippen MR) is 71.5 cm³/mol. The van der Waals surface area contributed by atoms with Gasteiger partial charge in [-0.05, 0) is 13.0 Å². The smallest absolute Gasteiger partial charge is 0.155 e. The van der Waals surface area contributed by atoms with Gasteiger partial charge in [-0.15, -0.1) is 0 Å². The molecule has 6 nitrogen and oxygen atoms in total. The standard InChI is InChI=1S/C13H16N6/c1-10-5-13-15-7-11(9-19(13)17-10)6-14-8-12-3-4-16-18(12)2/h3-5,7,9,14H,6,8H2,1-2H3. The number of nitrogens with zero attached hydrogens (tertiary/aromatic N) is 5. The number of hydrogen-bond donors (Lipinski definition) is 1. The van der Waals surface area contributed by atoms with Crippen LogP contribution in [-0.2, 0) is 20.1 Å². The highest BCUT2D eigenvalue weighted by molar-refractivity contribution is 5.38. The molecular formula is C13H16N6. The van der Waals surface area contributed by atoms with Crippen molar-refractivity contribution in [3.63, 3.8) is 0 Å². The third-order valence-corrected chi connectivity index (χ3v) is 3.05. The van der Waals surface area contributed by atoms with E-state index in [0.717, 1.165) is 35.7 Å². The lowest BCUT2D eigenvalue weighted by Gasteiger charge is -2.05. The van der Waals surface area contributed by atoms with Gasteiger partial charge < -0.3 is 5.32 Å². The molecule has 3 aromatic rings. The summed E-state index contributed by atoms with van der Waals surface area (Å²) in [6.07, 6.45) is 5.69. The third-order valence-electron chi connectivity index (χ3n) is 3.05. The fourth-order valence-electron chi connectivity index (χ4n) is 2.03. The lowest BCUT2D eigenvalue weighted by molar-refractivity contribution is 0.623. The summed E-state index contributed by atoms with van der Waals surface area (Å²) in [6, 6.07) is 3.97. The fraction of sp³-hybridized carbons (Fsp3) is 0.308. The quantitative estimate of drug-likeness (QED) is 0.758. The summed E-state index contributed by atoms with van der Waals surface area (Å²) in [5.41, 5.74) is 4.13. The summed E-state index contributed by atoms with van der Waals surface area (Å²) < 4.78 is 3.68. The average molecular weight is 256 g/mol. The predicted octanol–water partition coefficient (Wildman–Crippen LogP) is 1.06. The van der Waals surface area contributed by atoms with Gasteiger partial charge in [0, 0.05) is 50.4 Å². The van der Waals surface area contributed by atoms with Crippen LogP contribution in [0.1, 0.15) is 17.0 Å². The second kappa shape index (κ2) is 4.81. The maximum atomic E-state index is 4.38. The number of hydrogen-bond acceptors (Lipinski definition) is 4. The first-order valence-electron chi connectivity index (χ1n) is 6.21. The summed E-state index contributed by atoms with van der Waals surface area (Å²) in [4.78, 5) is 4.38. The Balaban J connectivity index is 1.66. The molecule has 98 valence electrons. The van der Waals surface area contributed by atoms with E-state index in [1.54, 1.807) is 6.20 Å². The van der Waals surface area contributed by atoms with Crippen molar-refractivity contribution in [2.24, 2.45) is 7.05 Å². The molecule has 0 aliphatic heterocycles. The van der Waals surface area contributed by atoms with Crippen LogP contribution < -0.4 is 5.32 Å². The second-order valence-corrected chi connectivity index (χ2v) is 4.60. The van der Waals surface area contributed by atoms with Gasteiger partial charge in [-0.25, -0.2) is 9.50 Å². The minimum Gasteiger partial charge on any atom is -0.307 e. The Kier molecular flexibility index (Phi) is 3.00. The molecule has 0 aromatic carbocycles. The lowest BCUT2D eigenvalue weighted by atomic mass is 10.3. The largest absolute Gasteiger partial charge is 0.307 e. The van der Waals surface area contributed by atoms with E-state index in [9.17, 15) is 0 Å². The Labute approximate surface area is 111 Å². The molecule has 3 aromatic heterocycles. The van der Waals surface area contributed by atoms with Crippen molar-refractivity contribution < 1.29 is 0 Å². The van der Waals surface area contributed by atoms with Crippen LogP contribution in [0.3, 0.4) is 0 Å². The SMILES string of the molecule is Cc1cc2ncc(CNCc3ccnn3C)cn2n1. The maximum Gasteiger partial charge on any atom is 0.155 e. The number of rotatable bonds is 4. The van der Waals surface area contributed by atoms with Gasteiger partial charge in [0.25, 0.3) is 0 Å². The topological polar surface area (TPSA) is 60.0 Å². The maximum absolute atomic E-state index is 4.38. The normalized spacial score (nSPS) is 11.3. The molecule has 0 aliphatic rings. The van der Waals surface area contributed by atoms with Gasteiger partial charge >= 0.3 is 0 Å². The van der Waals surface area contributed by atoms with Gasteiger partial charge in [0.15, 0.2) is 5.65 Å². The van der Waals surface area contributed by atoms with E-state index >= 15 is 0 Å². The average Bonchev–Trinajstić information content (AvgIpc) is 2.94. The molecule has 0 saturated carbocycles. The van der Waals surface area contributed by atoms with Crippen LogP contribution in [0.4, 0.5) is 0 Å². The van der Waals surface area contributed by atoms with Gasteiger partial charge in [0.2, 0.25) is 0 Å². The Bertz CT molecular complexity index is 696. The first-order chi connectivity index (χ1) is 9.22. The third kappa shape index (κ3) is 2.48. The zero-order valence-electron chi connectivity index (χ0n) is 11.0. The fourth-order valence-corrected chi connectivity index (χ4v) is 2.03. The van der Waals surface area contributed by atoms with Crippen LogP contribution in [0.2, 0.25) is 0 Å². The van der Waals surface area contributed by atoms with Gasteiger partial charge in [-0.2, -0.15) is 10.2 Å². The number of aromatic nitrogens is 5. The monoisotopic (exact) mass is 256 g/mol. The van der Waals surface area contributed by atoms with Crippen LogP contribution in [-0.4, -0.2) is 24.4 Å². The van der Waals surface area contributed by atoms with Crippen molar-refractivity contribution in [1.82, 2.24) is 29.7 Å². The molecule has 3 rings (SSSR count). The molecule has 0 atom stereocenters. The lowest BCUT2D eigenvalue weighted by Crippen LogP contribution is -2.15. The summed E-state index contributed by atoms with van der Waals surface area (Å²) in [7, 11) is 1.94.